The number of nitrogens with zero attached hydrogens (tertiary/aromatic N) is 2. The number of rotatable bonds is 9. The number of aromatic nitrogens is 2. The zero-order chi connectivity index (χ0) is 23.1. The van der Waals surface area contributed by atoms with Gasteiger partial charge in [0.05, 0.1) is 23.3 Å². The second-order valence-corrected chi connectivity index (χ2v) is 7.24. The van der Waals surface area contributed by atoms with E-state index in [1.807, 2.05) is 0 Å². The first-order valence-electron chi connectivity index (χ1n) is 9.69. The summed E-state index contributed by atoms with van der Waals surface area (Å²) < 4.78 is 18.8. The van der Waals surface area contributed by atoms with E-state index < -0.39 is 11.7 Å². The highest BCUT2D eigenvalue weighted by atomic mass is 35.5. The lowest BCUT2D eigenvalue weighted by atomic mass is 10.1. The van der Waals surface area contributed by atoms with E-state index in [-0.39, 0.29) is 23.8 Å². The molecule has 3 rings (SSSR count). The number of fused-ring (bicyclic) bond motifs is 1. The first kappa shape index (κ1) is 23.2. The van der Waals surface area contributed by atoms with Gasteiger partial charge in [-0.15, -0.1) is 0 Å². The Balaban J connectivity index is 1.80. The molecule has 0 bridgehead atoms. The topological polar surface area (TPSA) is 125 Å². The standard InChI is InChI=1S/C21H21ClFN5O4/c1-32-18-10-16-13(9-17(18)27-19(29)4-2-3-5-20(30)28-31)21(25-11-24-16)26-12-6-7-15(23)14(22)8-12/h6-11,31H,2-5H2,1H3,(H,27,29)(H,28,30)(H,24,25,26). The molecule has 11 heteroatoms. The Hall–Kier alpha value is -3.50. The summed E-state index contributed by atoms with van der Waals surface area (Å²) >= 11 is 5.85. The molecule has 1 heterocycles. The zero-order valence-electron chi connectivity index (χ0n) is 17.1. The Labute approximate surface area is 187 Å². The SMILES string of the molecule is COc1cc2ncnc(Nc3ccc(F)c(Cl)c3)c2cc1NC(=O)CCCCC(=O)NO. The summed E-state index contributed by atoms with van der Waals surface area (Å²) in [4.78, 5) is 31.9. The fraction of sp³-hybridized carbons (Fsp3) is 0.238. The molecule has 0 aliphatic heterocycles. The minimum Gasteiger partial charge on any atom is -0.494 e. The molecule has 0 aliphatic carbocycles. The highest BCUT2D eigenvalue weighted by Crippen LogP contribution is 2.33. The molecule has 0 unspecified atom stereocenters. The molecular formula is C21H21ClFN5O4. The van der Waals surface area contributed by atoms with Gasteiger partial charge in [0.1, 0.15) is 23.7 Å². The number of unbranched alkanes of at least 4 members (excludes halogenated alkanes) is 1. The fourth-order valence-electron chi connectivity index (χ4n) is 3.00. The molecule has 0 radical (unpaired) electrons. The smallest absolute Gasteiger partial charge is 0.243 e. The van der Waals surface area contributed by atoms with E-state index in [0.717, 1.165) is 0 Å². The quantitative estimate of drug-likeness (QED) is 0.214. The molecule has 2 aromatic carbocycles. The van der Waals surface area contributed by atoms with E-state index in [4.69, 9.17) is 21.5 Å². The van der Waals surface area contributed by atoms with Gasteiger partial charge in [0.25, 0.3) is 0 Å². The summed E-state index contributed by atoms with van der Waals surface area (Å²) in [6, 6.07) is 7.55. The number of hydrogen-bond donors (Lipinski definition) is 4. The predicted molar refractivity (Wildman–Crippen MR) is 118 cm³/mol. The van der Waals surface area contributed by atoms with Crippen LogP contribution in [0.3, 0.4) is 0 Å². The fourth-order valence-corrected chi connectivity index (χ4v) is 3.18. The first-order valence-corrected chi connectivity index (χ1v) is 10.1. The van der Waals surface area contributed by atoms with Crippen molar-refractivity contribution in [2.45, 2.75) is 25.7 Å². The van der Waals surface area contributed by atoms with Crippen molar-refractivity contribution in [2.24, 2.45) is 0 Å². The van der Waals surface area contributed by atoms with Crippen molar-refractivity contribution < 1.29 is 23.9 Å². The van der Waals surface area contributed by atoms with Gasteiger partial charge >= 0.3 is 0 Å². The number of amides is 2. The van der Waals surface area contributed by atoms with Gasteiger partial charge in [0, 0.05) is 30.0 Å². The summed E-state index contributed by atoms with van der Waals surface area (Å²) in [6.07, 6.45) is 2.61. The molecule has 2 amide bonds. The van der Waals surface area contributed by atoms with Crippen molar-refractivity contribution in [3.8, 4) is 5.75 Å². The number of anilines is 3. The summed E-state index contributed by atoms with van der Waals surface area (Å²) in [5.74, 6) is -0.435. The number of benzene rings is 2. The van der Waals surface area contributed by atoms with Crippen LogP contribution in [0.25, 0.3) is 10.9 Å². The van der Waals surface area contributed by atoms with Crippen molar-refractivity contribution in [2.75, 3.05) is 17.7 Å². The van der Waals surface area contributed by atoms with Gasteiger partial charge in [-0.1, -0.05) is 11.6 Å². The number of methoxy groups -OCH3 is 1. The van der Waals surface area contributed by atoms with E-state index >= 15 is 0 Å². The molecular weight excluding hydrogens is 441 g/mol. The Bertz CT molecular complexity index is 1140. The minimum absolute atomic E-state index is 0.0283. The molecule has 1 aromatic heterocycles. The lowest BCUT2D eigenvalue weighted by Gasteiger charge is -2.14. The van der Waals surface area contributed by atoms with Crippen LogP contribution in [0, 0.1) is 5.82 Å². The van der Waals surface area contributed by atoms with Crippen LogP contribution in [0.5, 0.6) is 5.75 Å². The van der Waals surface area contributed by atoms with Crippen molar-refractivity contribution in [1.82, 2.24) is 15.4 Å². The Kier molecular flexibility index (Phi) is 7.74. The van der Waals surface area contributed by atoms with Crippen LogP contribution in [0.2, 0.25) is 5.02 Å². The second-order valence-electron chi connectivity index (χ2n) is 6.84. The van der Waals surface area contributed by atoms with Crippen LogP contribution in [-0.2, 0) is 9.59 Å². The molecule has 9 nitrogen and oxygen atoms in total. The maximum Gasteiger partial charge on any atom is 0.243 e. The van der Waals surface area contributed by atoms with Gasteiger partial charge in [-0.25, -0.2) is 19.8 Å². The van der Waals surface area contributed by atoms with E-state index in [1.165, 1.54) is 31.6 Å². The van der Waals surface area contributed by atoms with Crippen molar-refractivity contribution in [1.29, 1.82) is 0 Å². The third-order valence-corrected chi connectivity index (χ3v) is 4.89. The van der Waals surface area contributed by atoms with Gasteiger partial charge in [0.15, 0.2) is 0 Å². The van der Waals surface area contributed by atoms with E-state index in [2.05, 4.69) is 20.6 Å². The van der Waals surface area contributed by atoms with Crippen LogP contribution in [0.4, 0.5) is 21.6 Å². The largest absolute Gasteiger partial charge is 0.494 e. The molecule has 32 heavy (non-hydrogen) atoms. The molecule has 0 saturated carbocycles. The average molecular weight is 462 g/mol. The van der Waals surface area contributed by atoms with Crippen molar-refractivity contribution in [3.05, 3.63) is 47.5 Å². The highest BCUT2D eigenvalue weighted by Gasteiger charge is 2.14. The predicted octanol–water partition coefficient (Wildman–Crippen LogP) is 4.18. The van der Waals surface area contributed by atoms with Gasteiger partial charge in [-0.3, -0.25) is 14.8 Å². The molecule has 0 atom stereocenters. The number of nitrogens with one attached hydrogen (secondary N) is 3. The lowest BCUT2D eigenvalue weighted by Crippen LogP contribution is -2.18. The van der Waals surface area contributed by atoms with Crippen LogP contribution in [-0.4, -0.2) is 34.1 Å². The van der Waals surface area contributed by atoms with Gasteiger partial charge in [0.2, 0.25) is 11.8 Å². The van der Waals surface area contributed by atoms with Crippen LogP contribution in [0.1, 0.15) is 25.7 Å². The van der Waals surface area contributed by atoms with Gasteiger partial charge < -0.3 is 15.4 Å². The third-order valence-electron chi connectivity index (χ3n) is 4.60. The van der Waals surface area contributed by atoms with Gasteiger partial charge in [-0.05, 0) is 37.1 Å². The Morgan fingerprint density at radius 3 is 2.56 bits per heavy atom. The number of hydroxylamine groups is 1. The molecule has 0 fully saturated rings. The number of carbonyl (C=O) groups excluding carboxylic acids is 2. The molecule has 3 aromatic rings. The number of halogens is 2. The van der Waals surface area contributed by atoms with Crippen LogP contribution >= 0.6 is 11.6 Å². The van der Waals surface area contributed by atoms with E-state index in [0.29, 0.717) is 46.7 Å². The average Bonchev–Trinajstić information content (AvgIpc) is 2.79. The second kappa shape index (κ2) is 10.7. The number of ether oxygens (including phenoxy) is 1. The number of carbonyl (C=O) groups is 2. The van der Waals surface area contributed by atoms with E-state index in [1.54, 1.807) is 17.6 Å². The Morgan fingerprint density at radius 1 is 1.12 bits per heavy atom. The first-order chi connectivity index (χ1) is 15.4. The molecule has 0 aliphatic rings. The normalized spacial score (nSPS) is 10.6. The van der Waals surface area contributed by atoms with Crippen molar-refractivity contribution in [3.63, 3.8) is 0 Å². The molecule has 168 valence electrons. The molecule has 0 spiro atoms. The maximum atomic E-state index is 13.4. The third kappa shape index (κ3) is 5.80. The lowest BCUT2D eigenvalue weighted by molar-refractivity contribution is -0.129. The summed E-state index contributed by atoms with van der Waals surface area (Å²) in [7, 11) is 1.48. The number of hydrogen-bond acceptors (Lipinski definition) is 7. The highest BCUT2D eigenvalue weighted by molar-refractivity contribution is 6.31. The minimum atomic E-state index is -0.531. The van der Waals surface area contributed by atoms with Crippen molar-refractivity contribution >= 4 is 51.5 Å². The monoisotopic (exact) mass is 461 g/mol. The van der Waals surface area contributed by atoms with E-state index in [9.17, 15) is 14.0 Å². The zero-order valence-corrected chi connectivity index (χ0v) is 17.9. The van der Waals surface area contributed by atoms with Crippen LogP contribution in [0.15, 0.2) is 36.7 Å². The Morgan fingerprint density at radius 2 is 1.88 bits per heavy atom. The summed E-state index contributed by atoms with van der Waals surface area (Å²) in [5.41, 5.74) is 3.08. The van der Waals surface area contributed by atoms with Crippen LogP contribution < -0.4 is 20.9 Å². The van der Waals surface area contributed by atoms with Gasteiger partial charge in [-0.2, -0.15) is 0 Å². The summed E-state index contributed by atoms with van der Waals surface area (Å²) in [5, 5.41) is 14.9. The summed E-state index contributed by atoms with van der Waals surface area (Å²) in [6.45, 7) is 0. The molecule has 0 saturated heterocycles. The maximum absolute atomic E-state index is 13.4. The molecule has 4 N–H and O–H groups in total.